The van der Waals surface area contributed by atoms with Crippen LogP contribution in [0.15, 0.2) is 17.1 Å². The van der Waals surface area contributed by atoms with Crippen LogP contribution in [0.2, 0.25) is 0 Å². The molecule has 144 valence electrons. The third-order valence-electron chi connectivity index (χ3n) is 6.10. The molecule has 5 nitrogen and oxygen atoms in total. The van der Waals surface area contributed by atoms with Crippen molar-refractivity contribution in [3.8, 4) is 0 Å². The first kappa shape index (κ1) is 21.0. The van der Waals surface area contributed by atoms with Gasteiger partial charge >= 0.3 is 0 Å². The van der Waals surface area contributed by atoms with E-state index in [0.29, 0.717) is 11.6 Å². The van der Waals surface area contributed by atoms with Gasteiger partial charge in [0.2, 0.25) is 0 Å². The molecule has 2 saturated heterocycles. The SMILES string of the molecule is CN=C(NCC1(N2CCCCC2)CCN(C)CC1)NC1CC=CC1.I. The summed E-state index contributed by atoms with van der Waals surface area (Å²) in [5.41, 5.74) is 0.304. The Hall–Kier alpha value is -0.340. The van der Waals surface area contributed by atoms with Gasteiger partial charge in [-0.15, -0.1) is 24.0 Å². The van der Waals surface area contributed by atoms with Crippen molar-refractivity contribution >= 4 is 29.9 Å². The lowest BCUT2D eigenvalue weighted by atomic mass is 9.84. The van der Waals surface area contributed by atoms with E-state index in [2.05, 4.69) is 44.6 Å². The zero-order valence-corrected chi connectivity index (χ0v) is 18.3. The Morgan fingerprint density at radius 1 is 1.08 bits per heavy atom. The molecular formula is C19H36IN5. The molecule has 3 rings (SSSR count). The lowest BCUT2D eigenvalue weighted by molar-refractivity contribution is 0.0173. The summed E-state index contributed by atoms with van der Waals surface area (Å²) in [5.74, 6) is 0.971. The fraction of sp³-hybridized carbons (Fsp3) is 0.842. The third-order valence-corrected chi connectivity index (χ3v) is 6.10. The van der Waals surface area contributed by atoms with Crippen LogP contribution in [0.4, 0.5) is 0 Å². The normalized spacial score (nSPS) is 25.6. The summed E-state index contributed by atoms with van der Waals surface area (Å²) in [6.07, 6.45) is 13.4. The Balaban J connectivity index is 0.00000225. The van der Waals surface area contributed by atoms with Gasteiger partial charge in [0.25, 0.3) is 0 Å². The van der Waals surface area contributed by atoms with Gasteiger partial charge in [-0.2, -0.15) is 0 Å². The molecule has 1 aliphatic carbocycles. The van der Waals surface area contributed by atoms with Crippen molar-refractivity contribution in [2.45, 2.75) is 56.5 Å². The van der Waals surface area contributed by atoms with Crippen LogP contribution >= 0.6 is 24.0 Å². The molecule has 2 aliphatic heterocycles. The minimum absolute atomic E-state index is 0. The minimum Gasteiger partial charge on any atom is -0.355 e. The Labute approximate surface area is 170 Å². The number of piperidine rings is 2. The van der Waals surface area contributed by atoms with E-state index in [1.54, 1.807) is 0 Å². The average molecular weight is 461 g/mol. The van der Waals surface area contributed by atoms with E-state index >= 15 is 0 Å². The largest absolute Gasteiger partial charge is 0.355 e. The maximum atomic E-state index is 4.46. The highest BCUT2D eigenvalue weighted by Crippen LogP contribution is 2.30. The second-order valence-corrected chi connectivity index (χ2v) is 7.79. The van der Waals surface area contributed by atoms with Crippen LogP contribution in [-0.2, 0) is 0 Å². The van der Waals surface area contributed by atoms with Gasteiger partial charge < -0.3 is 15.5 Å². The maximum Gasteiger partial charge on any atom is 0.191 e. The molecule has 0 aromatic carbocycles. The fourth-order valence-corrected chi connectivity index (χ4v) is 4.38. The summed E-state index contributed by atoms with van der Waals surface area (Å²) in [5, 5.41) is 7.25. The number of aliphatic imine (C=N–C) groups is 1. The number of nitrogens with zero attached hydrogens (tertiary/aromatic N) is 3. The highest BCUT2D eigenvalue weighted by atomic mass is 127. The molecule has 2 heterocycles. The molecule has 6 heteroatoms. The van der Waals surface area contributed by atoms with Crippen LogP contribution < -0.4 is 10.6 Å². The predicted octanol–water partition coefficient (Wildman–Crippen LogP) is 2.44. The summed E-state index contributed by atoms with van der Waals surface area (Å²) in [6, 6.07) is 0.514. The van der Waals surface area contributed by atoms with Crippen LogP contribution in [-0.4, -0.2) is 74.2 Å². The first-order valence-corrected chi connectivity index (χ1v) is 9.78. The lowest BCUT2D eigenvalue weighted by Gasteiger charge is -2.50. The van der Waals surface area contributed by atoms with E-state index in [1.165, 1.54) is 58.3 Å². The van der Waals surface area contributed by atoms with Crippen molar-refractivity contribution < 1.29 is 0 Å². The summed E-state index contributed by atoms with van der Waals surface area (Å²) < 4.78 is 0. The standard InChI is InChI=1S/C19H35N5.HI/c1-20-18(22-17-8-4-5-9-17)21-16-19(10-14-23(2)15-11-19)24-12-6-3-7-13-24;/h4-5,17H,3,6-16H2,1-2H3,(H2,20,21,22);1H. The van der Waals surface area contributed by atoms with Crippen LogP contribution in [0.3, 0.4) is 0 Å². The Morgan fingerprint density at radius 2 is 1.72 bits per heavy atom. The van der Waals surface area contributed by atoms with Crippen molar-refractivity contribution in [3.63, 3.8) is 0 Å². The summed E-state index contributed by atoms with van der Waals surface area (Å²) in [7, 11) is 4.14. The molecule has 0 aromatic heterocycles. The van der Waals surface area contributed by atoms with Gasteiger partial charge in [0.1, 0.15) is 0 Å². The molecular weight excluding hydrogens is 425 g/mol. The zero-order valence-electron chi connectivity index (χ0n) is 16.0. The van der Waals surface area contributed by atoms with Crippen LogP contribution in [0.1, 0.15) is 44.9 Å². The number of guanidine groups is 1. The highest BCUT2D eigenvalue weighted by Gasteiger charge is 2.39. The van der Waals surface area contributed by atoms with Gasteiger partial charge in [-0.1, -0.05) is 18.6 Å². The van der Waals surface area contributed by atoms with E-state index in [0.717, 1.165) is 25.3 Å². The molecule has 0 unspecified atom stereocenters. The van der Waals surface area contributed by atoms with Crippen molar-refractivity contribution in [3.05, 3.63) is 12.2 Å². The summed E-state index contributed by atoms with van der Waals surface area (Å²) in [6.45, 7) is 5.96. The Morgan fingerprint density at radius 3 is 2.32 bits per heavy atom. The van der Waals surface area contributed by atoms with Crippen molar-refractivity contribution in [1.29, 1.82) is 0 Å². The molecule has 0 bridgehead atoms. The quantitative estimate of drug-likeness (QED) is 0.292. The second kappa shape index (κ2) is 10.1. The summed E-state index contributed by atoms with van der Waals surface area (Å²) in [4.78, 5) is 9.72. The molecule has 25 heavy (non-hydrogen) atoms. The number of nitrogens with one attached hydrogen (secondary N) is 2. The van der Waals surface area contributed by atoms with Gasteiger partial charge in [0, 0.05) is 25.2 Å². The molecule has 2 fully saturated rings. The third kappa shape index (κ3) is 5.57. The molecule has 0 spiro atoms. The molecule has 3 aliphatic rings. The molecule has 0 saturated carbocycles. The number of hydrogen-bond acceptors (Lipinski definition) is 3. The molecule has 0 radical (unpaired) electrons. The first-order chi connectivity index (χ1) is 11.7. The van der Waals surface area contributed by atoms with Crippen LogP contribution in [0.5, 0.6) is 0 Å². The van der Waals surface area contributed by atoms with E-state index < -0.39 is 0 Å². The molecule has 0 amide bonds. The lowest BCUT2D eigenvalue weighted by Crippen LogP contribution is -2.62. The van der Waals surface area contributed by atoms with Gasteiger partial charge in [0.05, 0.1) is 0 Å². The van der Waals surface area contributed by atoms with E-state index in [-0.39, 0.29) is 24.0 Å². The van der Waals surface area contributed by atoms with Gasteiger partial charge in [-0.05, 0) is 71.8 Å². The monoisotopic (exact) mass is 461 g/mol. The van der Waals surface area contributed by atoms with Crippen molar-refractivity contribution in [2.75, 3.05) is 46.8 Å². The highest BCUT2D eigenvalue weighted by molar-refractivity contribution is 14.0. The zero-order chi connectivity index (χ0) is 16.8. The average Bonchev–Trinajstić information content (AvgIpc) is 3.14. The van der Waals surface area contributed by atoms with Gasteiger partial charge in [-0.25, -0.2) is 0 Å². The van der Waals surface area contributed by atoms with Crippen LogP contribution in [0.25, 0.3) is 0 Å². The first-order valence-electron chi connectivity index (χ1n) is 9.78. The van der Waals surface area contributed by atoms with Crippen LogP contribution in [0, 0.1) is 0 Å². The number of halogens is 1. The fourth-order valence-electron chi connectivity index (χ4n) is 4.38. The maximum absolute atomic E-state index is 4.46. The topological polar surface area (TPSA) is 42.9 Å². The smallest absolute Gasteiger partial charge is 0.191 e. The molecule has 2 N–H and O–H groups in total. The number of hydrogen-bond donors (Lipinski definition) is 2. The number of rotatable bonds is 4. The van der Waals surface area contributed by atoms with Gasteiger partial charge in [-0.3, -0.25) is 9.89 Å². The number of likely N-dealkylation sites (tertiary alicyclic amines) is 2. The summed E-state index contributed by atoms with van der Waals surface area (Å²) >= 11 is 0. The van der Waals surface area contributed by atoms with Gasteiger partial charge in [0.15, 0.2) is 5.96 Å². The molecule has 0 atom stereocenters. The Bertz CT molecular complexity index is 443. The van der Waals surface area contributed by atoms with E-state index in [9.17, 15) is 0 Å². The second-order valence-electron chi connectivity index (χ2n) is 7.79. The molecule has 0 aromatic rings. The predicted molar refractivity (Wildman–Crippen MR) is 117 cm³/mol. The minimum atomic E-state index is 0. The van der Waals surface area contributed by atoms with E-state index in [4.69, 9.17) is 0 Å². The van der Waals surface area contributed by atoms with E-state index in [1.807, 2.05) is 7.05 Å². The van der Waals surface area contributed by atoms with Crippen molar-refractivity contribution in [1.82, 2.24) is 20.4 Å². The van der Waals surface area contributed by atoms with Crippen molar-refractivity contribution in [2.24, 2.45) is 4.99 Å². The Kier molecular flexibility index (Phi) is 8.48.